The number of nitrogens with zero attached hydrogens (tertiary/aromatic N) is 1. The number of halogens is 2. The molecule has 1 aliphatic rings. The van der Waals surface area contributed by atoms with Crippen molar-refractivity contribution in [3.63, 3.8) is 0 Å². The van der Waals surface area contributed by atoms with Gasteiger partial charge in [0.25, 0.3) is 0 Å². The third-order valence-electron chi connectivity index (χ3n) is 3.54. The lowest BCUT2D eigenvalue weighted by Crippen LogP contribution is -2.36. The molecule has 3 rings (SSSR count). The standard InChI is InChI=1S/C17H9ClFNO4/c18-13-14(16(22)12-4-2-1-3-11(12)15(13)21)20(17(23)24)10-7-5-9(19)6-8-10/h1-8H,(H,23,24). The highest BCUT2D eigenvalue weighted by Gasteiger charge is 2.37. The van der Waals surface area contributed by atoms with Crippen LogP contribution in [0.3, 0.4) is 0 Å². The molecule has 0 bridgehead atoms. The summed E-state index contributed by atoms with van der Waals surface area (Å²) >= 11 is 6.01. The molecule has 0 radical (unpaired) electrons. The molecule has 2 aromatic carbocycles. The Morgan fingerprint density at radius 3 is 2.04 bits per heavy atom. The van der Waals surface area contributed by atoms with E-state index in [2.05, 4.69) is 0 Å². The predicted molar refractivity (Wildman–Crippen MR) is 84.9 cm³/mol. The van der Waals surface area contributed by atoms with Crippen LogP contribution >= 0.6 is 11.6 Å². The van der Waals surface area contributed by atoms with Crippen molar-refractivity contribution >= 4 is 34.9 Å². The summed E-state index contributed by atoms with van der Waals surface area (Å²) in [4.78, 5) is 37.3. The summed E-state index contributed by atoms with van der Waals surface area (Å²) in [5, 5.41) is 9.00. The molecule has 2 aromatic rings. The number of carbonyl (C=O) groups excluding carboxylic acids is 2. The van der Waals surface area contributed by atoms with Crippen LogP contribution in [0.4, 0.5) is 14.9 Å². The van der Waals surface area contributed by atoms with E-state index in [1.807, 2.05) is 0 Å². The maximum atomic E-state index is 13.1. The summed E-state index contributed by atoms with van der Waals surface area (Å²) < 4.78 is 13.1. The molecular weight excluding hydrogens is 337 g/mol. The number of carbonyl (C=O) groups is 3. The molecule has 0 aliphatic heterocycles. The van der Waals surface area contributed by atoms with Gasteiger partial charge in [0.05, 0.1) is 5.69 Å². The Balaban J connectivity index is 2.20. The lowest BCUT2D eigenvalue weighted by atomic mass is 9.92. The molecule has 0 aromatic heterocycles. The zero-order valence-corrected chi connectivity index (χ0v) is 12.7. The Hall–Kier alpha value is -2.99. The Morgan fingerprint density at radius 2 is 1.50 bits per heavy atom. The molecule has 120 valence electrons. The van der Waals surface area contributed by atoms with Gasteiger partial charge in [-0.25, -0.2) is 14.1 Å². The smallest absolute Gasteiger partial charge is 0.416 e. The zero-order valence-electron chi connectivity index (χ0n) is 12.0. The van der Waals surface area contributed by atoms with Crippen LogP contribution in [0.2, 0.25) is 0 Å². The van der Waals surface area contributed by atoms with Crippen LogP contribution in [0.1, 0.15) is 20.7 Å². The number of fused-ring (bicyclic) bond motifs is 1. The highest BCUT2D eigenvalue weighted by Crippen LogP contribution is 2.33. The maximum Gasteiger partial charge on any atom is 0.416 e. The summed E-state index contributed by atoms with van der Waals surface area (Å²) in [5.41, 5.74) is -0.298. The summed E-state index contributed by atoms with van der Waals surface area (Å²) in [6.07, 6.45) is -1.52. The number of rotatable bonds is 2. The Morgan fingerprint density at radius 1 is 0.958 bits per heavy atom. The molecule has 0 fully saturated rings. The predicted octanol–water partition coefficient (Wildman–Crippen LogP) is 3.84. The first-order valence-electron chi connectivity index (χ1n) is 6.78. The summed E-state index contributed by atoms with van der Waals surface area (Å²) in [6, 6.07) is 10.4. The second-order valence-electron chi connectivity index (χ2n) is 4.96. The number of hydrogen-bond acceptors (Lipinski definition) is 3. The van der Waals surface area contributed by atoms with Crippen molar-refractivity contribution in [2.45, 2.75) is 0 Å². The SMILES string of the molecule is O=C1C(Cl)=C(N(C(=O)O)c2ccc(F)cc2)C(=O)c2ccccc21. The summed E-state index contributed by atoms with van der Waals surface area (Å²) in [5.74, 6) is -1.90. The van der Waals surface area contributed by atoms with E-state index >= 15 is 0 Å². The van der Waals surface area contributed by atoms with Gasteiger partial charge in [0.1, 0.15) is 16.5 Å². The van der Waals surface area contributed by atoms with Crippen LogP contribution in [0.15, 0.2) is 59.3 Å². The van der Waals surface area contributed by atoms with Gasteiger partial charge in [-0.2, -0.15) is 0 Å². The first-order chi connectivity index (χ1) is 11.4. The molecule has 0 spiro atoms. The van der Waals surface area contributed by atoms with Crippen LogP contribution in [0, 0.1) is 5.82 Å². The van der Waals surface area contributed by atoms with Gasteiger partial charge in [-0.1, -0.05) is 35.9 Å². The fourth-order valence-corrected chi connectivity index (χ4v) is 2.73. The van der Waals surface area contributed by atoms with E-state index in [1.54, 1.807) is 12.1 Å². The summed E-state index contributed by atoms with van der Waals surface area (Å²) in [6.45, 7) is 0. The van der Waals surface area contributed by atoms with E-state index < -0.39 is 34.2 Å². The highest BCUT2D eigenvalue weighted by molar-refractivity contribution is 6.50. The molecule has 1 aliphatic carbocycles. The minimum atomic E-state index is -1.52. The molecule has 1 amide bonds. The second-order valence-corrected chi connectivity index (χ2v) is 5.34. The molecule has 0 atom stereocenters. The first kappa shape index (κ1) is 15.9. The topological polar surface area (TPSA) is 74.7 Å². The number of ketones is 2. The van der Waals surface area contributed by atoms with E-state index in [4.69, 9.17) is 11.6 Å². The number of carboxylic acid groups (broad SMARTS) is 1. The van der Waals surface area contributed by atoms with E-state index in [1.165, 1.54) is 24.3 Å². The fraction of sp³-hybridized carbons (Fsp3) is 0. The van der Waals surface area contributed by atoms with Crippen LogP contribution in [-0.2, 0) is 0 Å². The third-order valence-corrected chi connectivity index (χ3v) is 3.89. The molecule has 1 N–H and O–H groups in total. The molecule has 0 saturated heterocycles. The van der Waals surface area contributed by atoms with Crippen LogP contribution in [0.25, 0.3) is 0 Å². The first-order valence-corrected chi connectivity index (χ1v) is 7.16. The number of anilines is 1. The summed E-state index contributed by atoms with van der Waals surface area (Å²) in [7, 11) is 0. The second kappa shape index (κ2) is 5.90. The molecular formula is C17H9ClFNO4. The molecule has 0 heterocycles. The monoisotopic (exact) mass is 345 g/mol. The van der Waals surface area contributed by atoms with Crippen LogP contribution in [0.5, 0.6) is 0 Å². The normalized spacial score (nSPS) is 13.8. The fourth-order valence-electron chi connectivity index (χ4n) is 2.46. The van der Waals surface area contributed by atoms with Crippen LogP contribution in [-0.4, -0.2) is 22.8 Å². The molecule has 0 unspecified atom stereocenters. The van der Waals surface area contributed by atoms with E-state index in [0.29, 0.717) is 4.90 Å². The van der Waals surface area contributed by atoms with Gasteiger partial charge in [-0.05, 0) is 24.3 Å². The quantitative estimate of drug-likeness (QED) is 0.897. The largest absolute Gasteiger partial charge is 0.464 e. The zero-order chi connectivity index (χ0) is 17.4. The van der Waals surface area contributed by atoms with Gasteiger partial charge >= 0.3 is 6.09 Å². The van der Waals surface area contributed by atoms with Crippen molar-refractivity contribution in [3.8, 4) is 0 Å². The van der Waals surface area contributed by atoms with Gasteiger partial charge < -0.3 is 5.11 Å². The lowest BCUT2D eigenvalue weighted by molar-refractivity contribution is 0.0977. The van der Waals surface area contributed by atoms with Gasteiger partial charge in [0, 0.05) is 11.1 Å². The number of amides is 1. The van der Waals surface area contributed by atoms with E-state index in [9.17, 15) is 23.9 Å². The van der Waals surface area contributed by atoms with Gasteiger partial charge in [0.15, 0.2) is 0 Å². The lowest BCUT2D eigenvalue weighted by Gasteiger charge is -2.26. The highest BCUT2D eigenvalue weighted by atomic mass is 35.5. The molecule has 24 heavy (non-hydrogen) atoms. The van der Waals surface area contributed by atoms with Crippen molar-refractivity contribution < 1.29 is 23.9 Å². The molecule has 0 saturated carbocycles. The number of hydrogen-bond donors (Lipinski definition) is 1. The number of benzene rings is 2. The minimum absolute atomic E-state index is 0.00224. The van der Waals surface area contributed by atoms with Crippen molar-refractivity contribution in [3.05, 3.63) is 76.2 Å². The Bertz CT molecular complexity index is 905. The van der Waals surface area contributed by atoms with Gasteiger partial charge in [-0.3, -0.25) is 9.59 Å². The number of allylic oxidation sites excluding steroid dienone is 2. The van der Waals surface area contributed by atoms with E-state index in [0.717, 1.165) is 12.1 Å². The van der Waals surface area contributed by atoms with Crippen molar-refractivity contribution in [1.29, 1.82) is 0 Å². The average Bonchev–Trinajstić information content (AvgIpc) is 2.57. The van der Waals surface area contributed by atoms with Crippen molar-refractivity contribution in [1.82, 2.24) is 0 Å². The third kappa shape index (κ3) is 2.47. The van der Waals surface area contributed by atoms with Crippen LogP contribution < -0.4 is 4.90 Å². The van der Waals surface area contributed by atoms with Gasteiger partial charge in [0.2, 0.25) is 11.6 Å². The number of Topliss-reactive ketones (excluding diaryl/α,β-unsaturated/α-hetero) is 2. The molecule has 7 heteroatoms. The Kier molecular flexibility index (Phi) is 3.91. The Labute approximate surface area is 140 Å². The molecule has 5 nitrogen and oxygen atoms in total. The average molecular weight is 346 g/mol. The van der Waals surface area contributed by atoms with Crippen molar-refractivity contribution in [2.24, 2.45) is 0 Å². The van der Waals surface area contributed by atoms with Crippen molar-refractivity contribution in [2.75, 3.05) is 4.90 Å². The van der Waals surface area contributed by atoms with E-state index in [-0.39, 0.29) is 16.8 Å². The van der Waals surface area contributed by atoms with Gasteiger partial charge in [-0.15, -0.1) is 0 Å². The maximum absolute atomic E-state index is 13.1. The minimum Gasteiger partial charge on any atom is -0.464 e.